The molecule has 0 saturated carbocycles. The first-order valence-corrected chi connectivity index (χ1v) is 8.46. The molecule has 0 N–H and O–H groups in total. The molecule has 3 rings (SSSR count). The average molecular weight is 351 g/mol. The predicted octanol–water partition coefficient (Wildman–Crippen LogP) is 3.73. The van der Waals surface area contributed by atoms with Gasteiger partial charge in [0.05, 0.1) is 7.11 Å². The Bertz CT molecular complexity index is 844. The first-order valence-electron chi connectivity index (χ1n) is 8.46. The second-order valence-corrected chi connectivity index (χ2v) is 5.88. The van der Waals surface area contributed by atoms with Gasteiger partial charge in [0.1, 0.15) is 5.75 Å². The Hall–Kier alpha value is -3.15. The lowest BCUT2D eigenvalue weighted by Crippen LogP contribution is -2.25. The van der Waals surface area contributed by atoms with Crippen LogP contribution in [0.15, 0.2) is 59.1 Å². The standard InChI is InChI=1S/C20H21N3O3/c1-23(16-7-4-3-5-8-16)19(24)10-6-9-18-21-20(22-26-18)15-11-13-17(25-2)14-12-15/h3-5,7-8,11-14H,6,9-10H2,1-2H3. The molecule has 0 aliphatic carbocycles. The fraction of sp³-hybridized carbons (Fsp3) is 0.250. The largest absolute Gasteiger partial charge is 0.497 e. The molecule has 6 nitrogen and oxygen atoms in total. The van der Waals surface area contributed by atoms with Crippen LogP contribution in [0.3, 0.4) is 0 Å². The van der Waals surface area contributed by atoms with Crippen molar-refractivity contribution >= 4 is 11.6 Å². The van der Waals surface area contributed by atoms with Crippen LogP contribution >= 0.6 is 0 Å². The predicted molar refractivity (Wildman–Crippen MR) is 99.1 cm³/mol. The number of amides is 1. The lowest BCUT2D eigenvalue weighted by atomic mass is 10.2. The third-order valence-electron chi connectivity index (χ3n) is 4.12. The van der Waals surface area contributed by atoms with Crippen LogP contribution in [-0.2, 0) is 11.2 Å². The van der Waals surface area contributed by atoms with E-state index in [0.717, 1.165) is 17.0 Å². The maximum Gasteiger partial charge on any atom is 0.226 e. The topological polar surface area (TPSA) is 68.5 Å². The van der Waals surface area contributed by atoms with E-state index in [1.807, 2.05) is 54.6 Å². The minimum atomic E-state index is 0.0612. The van der Waals surface area contributed by atoms with E-state index in [1.165, 1.54) is 0 Å². The van der Waals surface area contributed by atoms with Crippen molar-refractivity contribution in [2.24, 2.45) is 0 Å². The summed E-state index contributed by atoms with van der Waals surface area (Å²) < 4.78 is 10.4. The molecule has 1 amide bonds. The molecular weight excluding hydrogens is 330 g/mol. The molecule has 0 atom stereocenters. The van der Waals surface area contributed by atoms with Crippen molar-refractivity contribution in [3.8, 4) is 17.1 Å². The van der Waals surface area contributed by atoms with Crippen LogP contribution < -0.4 is 9.64 Å². The van der Waals surface area contributed by atoms with Gasteiger partial charge in [-0.15, -0.1) is 0 Å². The number of aryl methyl sites for hydroxylation is 1. The number of methoxy groups -OCH3 is 1. The van der Waals surface area contributed by atoms with Crippen molar-refractivity contribution in [3.05, 3.63) is 60.5 Å². The normalized spacial score (nSPS) is 10.5. The number of hydrogen-bond acceptors (Lipinski definition) is 5. The maximum atomic E-state index is 12.3. The van der Waals surface area contributed by atoms with E-state index < -0.39 is 0 Å². The number of benzene rings is 2. The molecule has 0 unspecified atom stereocenters. The van der Waals surface area contributed by atoms with Crippen LogP contribution in [0.5, 0.6) is 5.75 Å². The minimum Gasteiger partial charge on any atom is -0.497 e. The van der Waals surface area contributed by atoms with Gasteiger partial charge in [-0.3, -0.25) is 4.79 Å². The summed E-state index contributed by atoms with van der Waals surface area (Å²) in [7, 11) is 3.41. The van der Waals surface area contributed by atoms with Gasteiger partial charge in [-0.1, -0.05) is 23.4 Å². The number of aromatic nitrogens is 2. The van der Waals surface area contributed by atoms with Gasteiger partial charge >= 0.3 is 0 Å². The Morgan fingerprint density at radius 1 is 1.12 bits per heavy atom. The van der Waals surface area contributed by atoms with Crippen molar-refractivity contribution in [1.29, 1.82) is 0 Å². The highest BCUT2D eigenvalue weighted by Gasteiger charge is 2.13. The molecule has 134 valence electrons. The Labute approximate surface area is 152 Å². The number of nitrogens with zero attached hydrogens (tertiary/aromatic N) is 3. The van der Waals surface area contributed by atoms with E-state index in [9.17, 15) is 4.79 Å². The molecule has 0 spiro atoms. The second-order valence-electron chi connectivity index (χ2n) is 5.88. The van der Waals surface area contributed by atoms with Gasteiger partial charge in [-0.05, 0) is 42.8 Å². The van der Waals surface area contributed by atoms with Gasteiger partial charge in [0.15, 0.2) is 0 Å². The van der Waals surface area contributed by atoms with Gasteiger partial charge in [-0.25, -0.2) is 0 Å². The van der Waals surface area contributed by atoms with Gasteiger partial charge in [0.2, 0.25) is 17.6 Å². The molecule has 0 bridgehead atoms. The summed E-state index contributed by atoms with van der Waals surface area (Å²) in [6, 6.07) is 17.0. The Morgan fingerprint density at radius 2 is 1.85 bits per heavy atom. The van der Waals surface area contributed by atoms with E-state index in [0.29, 0.717) is 31.0 Å². The molecule has 2 aromatic carbocycles. The molecule has 3 aromatic rings. The zero-order valence-electron chi connectivity index (χ0n) is 14.9. The van der Waals surface area contributed by atoms with Crippen molar-refractivity contribution in [3.63, 3.8) is 0 Å². The molecule has 0 radical (unpaired) electrons. The van der Waals surface area contributed by atoms with Gasteiger partial charge < -0.3 is 14.2 Å². The summed E-state index contributed by atoms with van der Waals surface area (Å²) in [5.41, 5.74) is 1.75. The van der Waals surface area contributed by atoms with Crippen LogP contribution in [-0.4, -0.2) is 30.2 Å². The highest BCUT2D eigenvalue weighted by Crippen LogP contribution is 2.20. The summed E-state index contributed by atoms with van der Waals surface area (Å²) >= 11 is 0. The summed E-state index contributed by atoms with van der Waals surface area (Å²) in [5.74, 6) is 1.91. The molecule has 26 heavy (non-hydrogen) atoms. The first-order chi connectivity index (χ1) is 12.7. The van der Waals surface area contributed by atoms with Crippen LogP contribution in [0.25, 0.3) is 11.4 Å². The quantitative estimate of drug-likeness (QED) is 0.649. The number of hydrogen-bond donors (Lipinski definition) is 0. The number of ether oxygens (including phenoxy) is 1. The number of para-hydroxylation sites is 1. The lowest BCUT2D eigenvalue weighted by molar-refractivity contribution is -0.118. The van der Waals surface area contributed by atoms with Gasteiger partial charge in [0, 0.05) is 31.1 Å². The highest BCUT2D eigenvalue weighted by atomic mass is 16.5. The van der Waals surface area contributed by atoms with Gasteiger partial charge in [-0.2, -0.15) is 4.98 Å². The molecule has 6 heteroatoms. The maximum absolute atomic E-state index is 12.3. The first kappa shape index (κ1) is 17.7. The van der Waals surface area contributed by atoms with Gasteiger partial charge in [0.25, 0.3) is 0 Å². The minimum absolute atomic E-state index is 0.0612. The molecule has 0 fully saturated rings. The van der Waals surface area contributed by atoms with Crippen molar-refractivity contribution in [2.75, 3.05) is 19.1 Å². The Balaban J connectivity index is 1.52. The van der Waals surface area contributed by atoms with Crippen molar-refractivity contribution in [2.45, 2.75) is 19.3 Å². The van der Waals surface area contributed by atoms with E-state index in [4.69, 9.17) is 9.26 Å². The fourth-order valence-electron chi connectivity index (χ4n) is 2.57. The smallest absolute Gasteiger partial charge is 0.226 e. The van der Waals surface area contributed by atoms with E-state index in [1.54, 1.807) is 19.1 Å². The summed E-state index contributed by atoms with van der Waals surface area (Å²) in [4.78, 5) is 18.3. The number of anilines is 1. The van der Waals surface area contributed by atoms with E-state index >= 15 is 0 Å². The number of carbonyl (C=O) groups is 1. The zero-order chi connectivity index (χ0) is 18.4. The zero-order valence-corrected chi connectivity index (χ0v) is 14.9. The monoisotopic (exact) mass is 351 g/mol. The number of rotatable bonds is 7. The third-order valence-corrected chi connectivity index (χ3v) is 4.12. The highest BCUT2D eigenvalue weighted by molar-refractivity contribution is 5.92. The lowest BCUT2D eigenvalue weighted by Gasteiger charge is -2.16. The van der Waals surface area contributed by atoms with Crippen LogP contribution in [0.1, 0.15) is 18.7 Å². The molecule has 0 aliphatic heterocycles. The molecule has 0 aliphatic rings. The van der Waals surface area contributed by atoms with Crippen LogP contribution in [0.4, 0.5) is 5.69 Å². The van der Waals surface area contributed by atoms with Crippen molar-refractivity contribution < 1.29 is 14.1 Å². The Kier molecular flexibility index (Phi) is 5.63. The van der Waals surface area contributed by atoms with Crippen LogP contribution in [0, 0.1) is 0 Å². The average Bonchev–Trinajstić information content (AvgIpc) is 3.17. The van der Waals surface area contributed by atoms with Crippen LogP contribution in [0.2, 0.25) is 0 Å². The van der Waals surface area contributed by atoms with E-state index in [-0.39, 0.29) is 5.91 Å². The second kappa shape index (κ2) is 8.29. The molecule has 1 heterocycles. The third kappa shape index (κ3) is 4.27. The SMILES string of the molecule is COc1ccc(-c2noc(CCCC(=O)N(C)c3ccccc3)n2)cc1. The molecular formula is C20H21N3O3. The Morgan fingerprint density at radius 3 is 2.54 bits per heavy atom. The summed E-state index contributed by atoms with van der Waals surface area (Å²) in [5, 5.41) is 4.00. The summed E-state index contributed by atoms with van der Waals surface area (Å²) in [6.45, 7) is 0. The molecule has 0 saturated heterocycles. The number of carbonyl (C=O) groups excluding carboxylic acids is 1. The fourth-order valence-corrected chi connectivity index (χ4v) is 2.57. The van der Waals surface area contributed by atoms with E-state index in [2.05, 4.69) is 10.1 Å². The van der Waals surface area contributed by atoms with Crippen molar-refractivity contribution in [1.82, 2.24) is 10.1 Å². The summed E-state index contributed by atoms with van der Waals surface area (Å²) in [6.07, 6.45) is 1.64. The molecule has 1 aromatic heterocycles.